The van der Waals surface area contributed by atoms with Crippen molar-refractivity contribution in [3.8, 4) is 5.75 Å². The fourth-order valence-electron chi connectivity index (χ4n) is 3.23. The molecule has 1 aliphatic rings. The van der Waals surface area contributed by atoms with Crippen molar-refractivity contribution < 1.29 is 14.3 Å². The van der Waals surface area contributed by atoms with Gasteiger partial charge in [0.25, 0.3) is 0 Å². The third-order valence-electron chi connectivity index (χ3n) is 4.87. The molecule has 0 bridgehead atoms. The molecule has 2 rings (SSSR count). The molecule has 2 amide bonds. The van der Waals surface area contributed by atoms with Gasteiger partial charge in [-0.25, -0.2) is 0 Å². The highest BCUT2D eigenvalue weighted by Gasteiger charge is 2.31. The first-order valence-electron chi connectivity index (χ1n) is 8.73. The Morgan fingerprint density at radius 3 is 2.54 bits per heavy atom. The summed E-state index contributed by atoms with van der Waals surface area (Å²) in [5.41, 5.74) is 6.65. The number of methoxy groups -OCH3 is 1. The van der Waals surface area contributed by atoms with Crippen molar-refractivity contribution in [3.05, 3.63) is 29.8 Å². The Kier molecular flexibility index (Phi) is 6.64. The van der Waals surface area contributed by atoms with Crippen LogP contribution in [0.4, 0.5) is 0 Å². The normalized spacial score (nSPS) is 20.7. The number of nitrogens with two attached hydrogens (primary N) is 1. The van der Waals surface area contributed by atoms with Crippen molar-refractivity contribution in [2.75, 3.05) is 13.7 Å². The van der Waals surface area contributed by atoms with Crippen LogP contribution >= 0.6 is 0 Å². The first kappa shape index (κ1) is 18.3. The van der Waals surface area contributed by atoms with Crippen LogP contribution in [0.1, 0.15) is 44.6 Å². The number of rotatable bonds is 7. The van der Waals surface area contributed by atoms with Crippen molar-refractivity contribution in [2.45, 2.75) is 51.5 Å². The summed E-state index contributed by atoms with van der Waals surface area (Å²) in [6, 6.07) is 8.24. The number of aryl methyl sites for hydroxylation is 1. The predicted octanol–water partition coefficient (Wildman–Crippen LogP) is 2.52. The molecule has 1 aromatic rings. The number of primary amides is 1. The average Bonchev–Trinajstić information content (AvgIpc) is 2.59. The van der Waals surface area contributed by atoms with E-state index in [1.54, 1.807) is 7.11 Å². The number of hydrogen-bond acceptors (Lipinski definition) is 3. The van der Waals surface area contributed by atoms with E-state index in [9.17, 15) is 9.59 Å². The molecular formula is C19H28N2O3. The maximum absolute atomic E-state index is 12.4. The highest BCUT2D eigenvalue weighted by atomic mass is 16.5. The monoisotopic (exact) mass is 332 g/mol. The maximum atomic E-state index is 12.4. The zero-order valence-electron chi connectivity index (χ0n) is 14.7. The van der Waals surface area contributed by atoms with Crippen LogP contribution in [0.15, 0.2) is 24.3 Å². The number of nitrogens with zero attached hydrogens (tertiary/aromatic N) is 1. The van der Waals surface area contributed by atoms with Crippen LogP contribution < -0.4 is 10.5 Å². The van der Waals surface area contributed by atoms with Crippen LogP contribution in [-0.4, -0.2) is 36.4 Å². The average molecular weight is 332 g/mol. The quantitative estimate of drug-likeness (QED) is 0.780. The third kappa shape index (κ3) is 4.98. The first-order chi connectivity index (χ1) is 11.5. The van der Waals surface area contributed by atoms with Crippen LogP contribution in [0.3, 0.4) is 0 Å². The summed E-state index contributed by atoms with van der Waals surface area (Å²) in [6.45, 7) is 2.53. The highest BCUT2D eigenvalue weighted by Crippen LogP contribution is 2.23. The minimum absolute atomic E-state index is 0.142. The van der Waals surface area contributed by atoms with E-state index in [2.05, 4.69) is 12.1 Å². The Morgan fingerprint density at radius 2 is 1.92 bits per heavy atom. The molecule has 0 radical (unpaired) electrons. The van der Waals surface area contributed by atoms with Gasteiger partial charge in [-0.2, -0.15) is 0 Å². The van der Waals surface area contributed by atoms with Gasteiger partial charge in [0.1, 0.15) is 5.75 Å². The lowest BCUT2D eigenvalue weighted by molar-refractivity contribution is -0.137. The number of likely N-dealkylation sites (tertiary alicyclic amines) is 1. The fraction of sp³-hybridized carbons (Fsp3) is 0.579. The molecule has 1 aromatic carbocycles. The molecule has 1 fully saturated rings. The number of amides is 2. The Hall–Kier alpha value is -2.04. The molecule has 5 nitrogen and oxygen atoms in total. The van der Waals surface area contributed by atoms with E-state index in [-0.39, 0.29) is 23.8 Å². The lowest BCUT2D eigenvalue weighted by atomic mass is 9.92. The van der Waals surface area contributed by atoms with Crippen molar-refractivity contribution in [3.63, 3.8) is 0 Å². The van der Waals surface area contributed by atoms with Gasteiger partial charge in [0.05, 0.1) is 13.0 Å². The van der Waals surface area contributed by atoms with Crippen molar-refractivity contribution in [1.29, 1.82) is 0 Å². The Labute approximate surface area is 144 Å². The van der Waals surface area contributed by atoms with Crippen LogP contribution in [-0.2, 0) is 16.0 Å². The van der Waals surface area contributed by atoms with Crippen LogP contribution in [0.2, 0.25) is 0 Å². The van der Waals surface area contributed by atoms with E-state index in [0.29, 0.717) is 13.0 Å². The number of ether oxygens (including phenoxy) is 1. The van der Waals surface area contributed by atoms with Gasteiger partial charge in [0.2, 0.25) is 11.8 Å². The summed E-state index contributed by atoms with van der Waals surface area (Å²) >= 11 is 0. The zero-order valence-corrected chi connectivity index (χ0v) is 14.7. The third-order valence-corrected chi connectivity index (χ3v) is 4.87. The minimum atomic E-state index is -0.292. The van der Waals surface area contributed by atoms with E-state index in [0.717, 1.165) is 37.9 Å². The van der Waals surface area contributed by atoms with E-state index in [1.807, 2.05) is 24.0 Å². The second-order valence-electron chi connectivity index (χ2n) is 6.63. The lowest BCUT2D eigenvalue weighted by Gasteiger charge is -2.37. The Balaban J connectivity index is 1.74. The topological polar surface area (TPSA) is 72.6 Å². The van der Waals surface area contributed by atoms with Crippen LogP contribution in [0.25, 0.3) is 0 Å². The highest BCUT2D eigenvalue weighted by molar-refractivity contribution is 5.80. The lowest BCUT2D eigenvalue weighted by Crippen LogP contribution is -2.48. The van der Waals surface area contributed by atoms with Gasteiger partial charge in [-0.1, -0.05) is 12.1 Å². The molecule has 2 N–H and O–H groups in total. The molecule has 0 aromatic heterocycles. The molecule has 0 unspecified atom stereocenters. The standard InChI is InChI=1S/C19H28N2O3/c1-14-7-10-16(19(20)23)13-21(14)18(22)6-4-3-5-15-8-11-17(24-2)12-9-15/h8-9,11-12,14,16H,3-7,10,13H2,1-2H3,(H2,20,23)/t14-,16+/m0/s1. The largest absolute Gasteiger partial charge is 0.497 e. The predicted molar refractivity (Wildman–Crippen MR) is 93.6 cm³/mol. The summed E-state index contributed by atoms with van der Waals surface area (Å²) in [6.07, 6.45) is 4.96. The number of unbranched alkanes of at least 4 members (excludes halogenated alkanes) is 1. The molecule has 1 heterocycles. The number of carbonyl (C=O) groups excluding carboxylic acids is 2. The summed E-state index contributed by atoms with van der Waals surface area (Å²) in [4.78, 5) is 25.6. The number of benzene rings is 1. The van der Waals surface area contributed by atoms with E-state index < -0.39 is 0 Å². The van der Waals surface area contributed by atoms with Crippen molar-refractivity contribution in [2.24, 2.45) is 11.7 Å². The van der Waals surface area contributed by atoms with Gasteiger partial charge in [-0.3, -0.25) is 9.59 Å². The molecular weight excluding hydrogens is 304 g/mol. The van der Waals surface area contributed by atoms with Gasteiger partial charge >= 0.3 is 0 Å². The van der Waals surface area contributed by atoms with Gasteiger partial charge in [-0.15, -0.1) is 0 Å². The van der Waals surface area contributed by atoms with Crippen molar-refractivity contribution >= 4 is 11.8 Å². The molecule has 5 heteroatoms. The number of piperidine rings is 1. The Bertz CT molecular complexity index is 556. The van der Waals surface area contributed by atoms with E-state index in [4.69, 9.17) is 10.5 Å². The first-order valence-corrected chi connectivity index (χ1v) is 8.73. The Morgan fingerprint density at radius 1 is 1.21 bits per heavy atom. The molecule has 2 atom stereocenters. The second-order valence-corrected chi connectivity index (χ2v) is 6.63. The summed E-state index contributed by atoms with van der Waals surface area (Å²) in [7, 11) is 1.66. The molecule has 1 aliphatic heterocycles. The summed E-state index contributed by atoms with van der Waals surface area (Å²) in [5.74, 6) is 0.517. The van der Waals surface area contributed by atoms with E-state index >= 15 is 0 Å². The molecule has 24 heavy (non-hydrogen) atoms. The molecule has 0 spiro atoms. The molecule has 132 valence electrons. The fourth-order valence-corrected chi connectivity index (χ4v) is 3.23. The second kappa shape index (κ2) is 8.71. The molecule has 1 saturated heterocycles. The summed E-state index contributed by atoms with van der Waals surface area (Å²) in [5, 5.41) is 0. The number of hydrogen-bond donors (Lipinski definition) is 1. The van der Waals surface area contributed by atoms with Gasteiger partial charge in [0, 0.05) is 19.0 Å². The molecule has 0 aliphatic carbocycles. The van der Waals surface area contributed by atoms with E-state index in [1.165, 1.54) is 5.56 Å². The molecule has 0 saturated carbocycles. The number of carbonyl (C=O) groups is 2. The zero-order chi connectivity index (χ0) is 17.5. The minimum Gasteiger partial charge on any atom is -0.497 e. The van der Waals surface area contributed by atoms with Crippen LogP contribution in [0.5, 0.6) is 5.75 Å². The summed E-state index contributed by atoms with van der Waals surface area (Å²) < 4.78 is 5.15. The van der Waals surface area contributed by atoms with Gasteiger partial charge < -0.3 is 15.4 Å². The van der Waals surface area contributed by atoms with Crippen LogP contribution in [0, 0.1) is 5.92 Å². The van der Waals surface area contributed by atoms with Gasteiger partial charge in [0.15, 0.2) is 0 Å². The van der Waals surface area contributed by atoms with Crippen molar-refractivity contribution in [1.82, 2.24) is 4.90 Å². The maximum Gasteiger partial charge on any atom is 0.222 e. The smallest absolute Gasteiger partial charge is 0.222 e. The van der Waals surface area contributed by atoms with Gasteiger partial charge in [-0.05, 0) is 56.7 Å². The SMILES string of the molecule is COc1ccc(CCCCC(=O)N2C[C@H](C(N)=O)CC[C@@H]2C)cc1.